The molecule has 0 atom stereocenters. The molecule has 0 radical (unpaired) electrons. The monoisotopic (exact) mass is 370 g/mol. The van der Waals surface area contributed by atoms with Crippen molar-refractivity contribution in [1.82, 2.24) is 0 Å². The van der Waals surface area contributed by atoms with Gasteiger partial charge in [-0.1, -0.05) is 0 Å². The van der Waals surface area contributed by atoms with E-state index in [1.54, 1.807) is 64.7 Å². The molecule has 0 aliphatic rings. The summed E-state index contributed by atoms with van der Waals surface area (Å²) < 4.78 is 16.1. The number of nitrogens with two attached hydrogens (primary N) is 1. The fourth-order valence-corrected chi connectivity index (χ4v) is 2.76. The number of ether oxygens (including phenoxy) is 3. The SMILES string of the molecule is COc1cc(OC)c(OC)cc1C=C(C)C(=O)c1ccc(N)c(N(C)C)c1. The van der Waals surface area contributed by atoms with E-state index in [9.17, 15) is 4.79 Å². The van der Waals surface area contributed by atoms with Crippen molar-refractivity contribution in [3.8, 4) is 17.2 Å². The number of rotatable bonds is 7. The molecule has 6 nitrogen and oxygen atoms in total. The van der Waals surface area contributed by atoms with Crippen LogP contribution in [0.4, 0.5) is 11.4 Å². The molecule has 2 rings (SSSR count). The Morgan fingerprint density at radius 2 is 1.56 bits per heavy atom. The minimum atomic E-state index is -0.0880. The molecule has 0 unspecified atom stereocenters. The first-order valence-electron chi connectivity index (χ1n) is 8.42. The molecule has 0 heterocycles. The van der Waals surface area contributed by atoms with Crippen molar-refractivity contribution in [2.75, 3.05) is 46.1 Å². The highest BCUT2D eigenvalue weighted by molar-refractivity contribution is 6.11. The molecule has 0 aliphatic heterocycles. The molecule has 0 spiro atoms. The highest BCUT2D eigenvalue weighted by Gasteiger charge is 2.15. The second-order valence-electron chi connectivity index (χ2n) is 6.27. The van der Waals surface area contributed by atoms with Crippen LogP contribution in [0.1, 0.15) is 22.8 Å². The number of carbonyl (C=O) groups excluding carboxylic acids is 1. The maximum atomic E-state index is 12.9. The first-order valence-corrected chi connectivity index (χ1v) is 8.42. The number of ketones is 1. The number of benzene rings is 2. The molecule has 0 aromatic heterocycles. The van der Waals surface area contributed by atoms with Crippen LogP contribution in [0.25, 0.3) is 6.08 Å². The summed E-state index contributed by atoms with van der Waals surface area (Å²) in [5.41, 5.74) is 9.27. The van der Waals surface area contributed by atoms with Crippen molar-refractivity contribution in [3.05, 3.63) is 47.0 Å². The summed E-state index contributed by atoms with van der Waals surface area (Å²) in [6.45, 7) is 1.77. The van der Waals surface area contributed by atoms with Crippen molar-refractivity contribution in [1.29, 1.82) is 0 Å². The van der Waals surface area contributed by atoms with Gasteiger partial charge in [-0.3, -0.25) is 4.79 Å². The standard InChI is InChI=1S/C21H26N2O4/c1-13(21(24)14-7-8-16(22)17(10-14)23(2)3)9-15-11-19(26-5)20(27-6)12-18(15)25-4/h7-12H,22H2,1-6H3. The lowest BCUT2D eigenvalue weighted by Gasteiger charge is -2.16. The topological polar surface area (TPSA) is 74.0 Å². The summed E-state index contributed by atoms with van der Waals surface area (Å²) in [6, 6.07) is 8.78. The summed E-state index contributed by atoms with van der Waals surface area (Å²) in [5.74, 6) is 1.62. The zero-order chi connectivity index (χ0) is 20.1. The van der Waals surface area contributed by atoms with Crippen molar-refractivity contribution in [2.24, 2.45) is 0 Å². The van der Waals surface area contributed by atoms with E-state index in [-0.39, 0.29) is 5.78 Å². The van der Waals surface area contributed by atoms with Gasteiger partial charge in [0, 0.05) is 31.3 Å². The first-order chi connectivity index (χ1) is 12.8. The molecular weight excluding hydrogens is 344 g/mol. The lowest BCUT2D eigenvalue weighted by Crippen LogP contribution is -2.12. The van der Waals surface area contributed by atoms with Gasteiger partial charge in [-0.2, -0.15) is 0 Å². The van der Waals surface area contributed by atoms with E-state index in [4.69, 9.17) is 19.9 Å². The van der Waals surface area contributed by atoms with Gasteiger partial charge in [0.15, 0.2) is 17.3 Å². The number of hydrogen-bond acceptors (Lipinski definition) is 6. The average molecular weight is 370 g/mol. The highest BCUT2D eigenvalue weighted by atomic mass is 16.5. The van der Waals surface area contributed by atoms with Gasteiger partial charge in [-0.05, 0) is 42.8 Å². The second kappa shape index (κ2) is 8.49. The van der Waals surface area contributed by atoms with Crippen LogP contribution in [0.3, 0.4) is 0 Å². The molecule has 2 aromatic carbocycles. The molecule has 0 bridgehead atoms. The average Bonchev–Trinajstić information content (AvgIpc) is 2.66. The zero-order valence-corrected chi connectivity index (χ0v) is 16.6. The Morgan fingerprint density at radius 1 is 0.963 bits per heavy atom. The highest BCUT2D eigenvalue weighted by Crippen LogP contribution is 2.36. The van der Waals surface area contributed by atoms with Gasteiger partial charge in [0.1, 0.15) is 5.75 Å². The van der Waals surface area contributed by atoms with Crippen molar-refractivity contribution in [2.45, 2.75) is 6.92 Å². The number of methoxy groups -OCH3 is 3. The Hall–Kier alpha value is -3.15. The Bertz CT molecular complexity index is 873. The van der Waals surface area contributed by atoms with Crippen LogP contribution >= 0.6 is 0 Å². The van der Waals surface area contributed by atoms with Gasteiger partial charge in [-0.25, -0.2) is 0 Å². The van der Waals surface area contributed by atoms with Gasteiger partial charge >= 0.3 is 0 Å². The molecule has 0 fully saturated rings. The van der Waals surface area contributed by atoms with Crippen molar-refractivity contribution in [3.63, 3.8) is 0 Å². The van der Waals surface area contributed by atoms with E-state index >= 15 is 0 Å². The summed E-state index contributed by atoms with van der Waals surface area (Å²) in [4.78, 5) is 14.8. The largest absolute Gasteiger partial charge is 0.496 e. The minimum absolute atomic E-state index is 0.0880. The number of nitrogens with zero attached hydrogens (tertiary/aromatic N) is 1. The number of nitrogen functional groups attached to an aromatic ring is 1. The van der Waals surface area contributed by atoms with E-state index in [0.29, 0.717) is 34.1 Å². The Balaban J connectivity index is 2.45. The Labute approximate surface area is 160 Å². The van der Waals surface area contributed by atoms with Crippen LogP contribution in [0, 0.1) is 0 Å². The van der Waals surface area contributed by atoms with Gasteiger partial charge in [0.25, 0.3) is 0 Å². The lowest BCUT2D eigenvalue weighted by molar-refractivity contribution is 0.103. The lowest BCUT2D eigenvalue weighted by atomic mass is 10.0. The molecular formula is C21H26N2O4. The summed E-state index contributed by atoms with van der Waals surface area (Å²) in [7, 11) is 8.46. The number of Topliss-reactive ketones (excluding diaryl/α,β-unsaturated/α-hetero) is 1. The summed E-state index contributed by atoms with van der Waals surface area (Å²) in [6.07, 6.45) is 1.77. The molecule has 0 aliphatic carbocycles. The fourth-order valence-electron chi connectivity index (χ4n) is 2.76. The normalized spacial score (nSPS) is 11.1. The van der Waals surface area contributed by atoms with Crippen LogP contribution in [0.15, 0.2) is 35.9 Å². The predicted molar refractivity (Wildman–Crippen MR) is 109 cm³/mol. The number of anilines is 2. The molecule has 27 heavy (non-hydrogen) atoms. The maximum absolute atomic E-state index is 12.9. The predicted octanol–water partition coefficient (Wildman–Crippen LogP) is 3.65. The van der Waals surface area contributed by atoms with E-state index in [0.717, 1.165) is 11.3 Å². The van der Waals surface area contributed by atoms with E-state index in [1.165, 1.54) is 0 Å². The minimum Gasteiger partial charge on any atom is -0.496 e. The molecule has 6 heteroatoms. The van der Waals surface area contributed by atoms with Crippen LogP contribution in [0.2, 0.25) is 0 Å². The molecule has 2 aromatic rings. The molecule has 2 N–H and O–H groups in total. The maximum Gasteiger partial charge on any atom is 0.188 e. The van der Waals surface area contributed by atoms with Gasteiger partial charge in [0.2, 0.25) is 0 Å². The summed E-state index contributed by atoms with van der Waals surface area (Å²) >= 11 is 0. The fraction of sp³-hybridized carbons (Fsp3) is 0.286. The number of allylic oxidation sites excluding steroid dienone is 1. The van der Waals surface area contributed by atoms with Crippen LogP contribution < -0.4 is 24.8 Å². The smallest absolute Gasteiger partial charge is 0.188 e. The van der Waals surface area contributed by atoms with Crippen molar-refractivity contribution < 1.29 is 19.0 Å². The van der Waals surface area contributed by atoms with Crippen LogP contribution in [0.5, 0.6) is 17.2 Å². The third kappa shape index (κ3) is 4.34. The third-order valence-electron chi connectivity index (χ3n) is 4.24. The van der Waals surface area contributed by atoms with Gasteiger partial charge < -0.3 is 24.8 Å². The van der Waals surface area contributed by atoms with Gasteiger partial charge in [-0.15, -0.1) is 0 Å². The van der Waals surface area contributed by atoms with E-state index < -0.39 is 0 Å². The number of carbonyl (C=O) groups is 1. The van der Waals surface area contributed by atoms with Crippen LogP contribution in [-0.2, 0) is 0 Å². The Kier molecular flexibility index (Phi) is 6.34. The zero-order valence-electron chi connectivity index (χ0n) is 16.6. The number of hydrogen-bond donors (Lipinski definition) is 1. The summed E-state index contributed by atoms with van der Waals surface area (Å²) in [5, 5.41) is 0. The van der Waals surface area contributed by atoms with Crippen molar-refractivity contribution >= 4 is 23.2 Å². The molecule has 0 amide bonds. The van der Waals surface area contributed by atoms with Crippen LogP contribution in [-0.4, -0.2) is 41.2 Å². The Morgan fingerprint density at radius 3 is 2.11 bits per heavy atom. The molecule has 0 saturated heterocycles. The quantitative estimate of drug-likeness (QED) is 0.456. The third-order valence-corrected chi connectivity index (χ3v) is 4.24. The van der Waals surface area contributed by atoms with Gasteiger partial charge in [0.05, 0.1) is 32.7 Å². The second-order valence-corrected chi connectivity index (χ2v) is 6.27. The molecule has 144 valence electrons. The molecule has 0 saturated carbocycles. The van der Waals surface area contributed by atoms with E-state index in [2.05, 4.69) is 0 Å². The first kappa shape index (κ1) is 20.2. The van der Waals surface area contributed by atoms with E-state index in [1.807, 2.05) is 19.0 Å².